The fraction of sp³-hybridized carbons (Fsp3) is 0.0870. The second kappa shape index (κ2) is 12.9. The first-order valence-electron chi connectivity index (χ1n) is 17.2. The van der Waals surface area contributed by atoms with Gasteiger partial charge < -0.3 is 14.5 Å². The quantitative estimate of drug-likeness (QED) is 0.181. The van der Waals surface area contributed by atoms with E-state index >= 15 is 0 Å². The molecule has 1 aliphatic heterocycles. The first-order chi connectivity index (χ1) is 24.3. The number of hydrogen-bond acceptors (Lipinski definition) is 1. The SMILES string of the molecule is C=C/C=C\Cc1ccc2c3ccccc3n(C3C=C(c4ccc5c6ccccc6n(-c6ccccc6)c5c4)c4ccccc4N3)c2c1.CC. The number of rotatable bonds is 6. The molecule has 1 atom stereocenters. The average Bonchev–Trinajstić information content (AvgIpc) is 3.68. The fourth-order valence-electron chi connectivity index (χ4n) is 7.45. The number of benzene rings is 6. The highest BCUT2D eigenvalue weighted by Gasteiger charge is 2.25. The van der Waals surface area contributed by atoms with Gasteiger partial charge in [0.05, 0.1) is 22.1 Å². The molecule has 1 N–H and O–H groups in total. The molecule has 1 unspecified atom stereocenters. The molecule has 238 valence electrons. The lowest BCUT2D eigenvalue weighted by Gasteiger charge is -2.29. The van der Waals surface area contributed by atoms with E-state index in [1.807, 2.05) is 26.0 Å². The number of para-hydroxylation sites is 4. The highest BCUT2D eigenvalue weighted by atomic mass is 15.2. The molecule has 49 heavy (non-hydrogen) atoms. The summed E-state index contributed by atoms with van der Waals surface area (Å²) in [7, 11) is 0. The van der Waals surface area contributed by atoms with Crippen molar-refractivity contribution in [2.24, 2.45) is 0 Å². The van der Waals surface area contributed by atoms with E-state index in [0.717, 1.165) is 17.8 Å². The van der Waals surface area contributed by atoms with Gasteiger partial charge in [-0.25, -0.2) is 0 Å². The Morgan fingerprint density at radius 1 is 0.633 bits per heavy atom. The maximum absolute atomic E-state index is 3.91. The standard InChI is InChI=1S/C44H33N3.C2H6/c1-2-3-5-14-30-23-25-36-35-19-10-13-22-41(35)47(42(36)27-30)44-29-38(33-17-8-11-20-39(33)45-44)31-24-26-37-34-18-9-12-21-40(34)46(43(37)28-31)32-15-6-4-7-16-32;1-2/h2-13,15-29,44-45H,1,14H2;1-2H3/b5-3-;. The number of fused-ring (bicyclic) bond motifs is 7. The van der Waals surface area contributed by atoms with E-state index in [1.165, 1.54) is 65.9 Å². The van der Waals surface area contributed by atoms with Crippen LogP contribution in [0.15, 0.2) is 170 Å². The van der Waals surface area contributed by atoms with Gasteiger partial charge in [-0.05, 0) is 71.7 Å². The molecule has 0 fully saturated rings. The van der Waals surface area contributed by atoms with Crippen LogP contribution in [0.4, 0.5) is 5.69 Å². The summed E-state index contributed by atoms with van der Waals surface area (Å²) in [6.45, 7) is 7.84. The molecule has 3 nitrogen and oxygen atoms in total. The summed E-state index contributed by atoms with van der Waals surface area (Å²) < 4.78 is 4.87. The molecule has 0 saturated heterocycles. The minimum atomic E-state index is -0.0862. The lowest BCUT2D eigenvalue weighted by atomic mass is 9.92. The van der Waals surface area contributed by atoms with Crippen molar-refractivity contribution < 1.29 is 0 Å². The maximum atomic E-state index is 3.91. The molecule has 3 heterocycles. The van der Waals surface area contributed by atoms with E-state index in [9.17, 15) is 0 Å². The first kappa shape index (κ1) is 30.3. The van der Waals surface area contributed by atoms with Gasteiger partial charge >= 0.3 is 0 Å². The average molecular weight is 634 g/mol. The van der Waals surface area contributed by atoms with Crippen molar-refractivity contribution in [1.82, 2.24) is 9.13 Å². The third-order valence-corrected chi connectivity index (χ3v) is 9.52. The number of allylic oxidation sites excluding steroid dienone is 3. The van der Waals surface area contributed by atoms with Crippen LogP contribution in [-0.4, -0.2) is 9.13 Å². The largest absolute Gasteiger partial charge is 0.361 e. The molecule has 3 heteroatoms. The Labute approximate surface area is 287 Å². The van der Waals surface area contributed by atoms with Crippen molar-refractivity contribution >= 4 is 54.9 Å². The van der Waals surface area contributed by atoms with E-state index in [4.69, 9.17) is 0 Å². The van der Waals surface area contributed by atoms with E-state index < -0.39 is 0 Å². The van der Waals surface area contributed by atoms with Crippen LogP contribution in [0.2, 0.25) is 0 Å². The van der Waals surface area contributed by atoms with E-state index in [1.54, 1.807) is 0 Å². The molecule has 2 aromatic heterocycles. The predicted octanol–water partition coefficient (Wildman–Crippen LogP) is 12.3. The second-order valence-electron chi connectivity index (χ2n) is 12.2. The van der Waals surface area contributed by atoms with Gasteiger partial charge in [0.15, 0.2) is 0 Å². The van der Waals surface area contributed by atoms with Crippen LogP contribution < -0.4 is 5.32 Å². The van der Waals surface area contributed by atoms with Crippen molar-refractivity contribution in [1.29, 1.82) is 0 Å². The molecule has 8 aromatic rings. The summed E-state index contributed by atoms with van der Waals surface area (Å²) in [4.78, 5) is 0. The van der Waals surface area contributed by atoms with E-state index in [0.29, 0.717) is 0 Å². The Balaban J connectivity index is 0.00000171. The molecule has 0 spiro atoms. The summed E-state index contributed by atoms with van der Waals surface area (Å²) in [5.74, 6) is 0. The summed E-state index contributed by atoms with van der Waals surface area (Å²) >= 11 is 0. The lowest BCUT2D eigenvalue weighted by molar-refractivity contribution is 0.722. The predicted molar refractivity (Wildman–Crippen MR) is 211 cm³/mol. The van der Waals surface area contributed by atoms with E-state index in [2.05, 4.69) is 173 Å². The molecule has 1 aliphatic rings. The zero-order valence-corrected chi connectivity index (χ0v) is 28.0. The Bertz CT molecular complexity index is 2540. The van der Waals surface area contributed by atoms with Gasteiger partial charge in [-0.2, -0.15) is 0 Å². The zero-order chi connectivity index (χ0) is 33.3. The van der Waals surface area contributed by atoms with Gasteiger partial charge in [-0.3, -0.25) is 0 Å². The molecule has 0 aliphatic carbocycles. The van der Waals surface area contributed by atoms with Gasteiger partial charge in [-0.1, -0.05) is 136 Å². The monoisotopic (exact) mass is 633 g/mol. The molecule has 0 bridgehead atoms. The van der Waals surface area contributed by atoms with Crippen LogP contribution in [0.1, 0.15) is 36.7 Å². The van der Waals surface area contributed by atoms with Gasteiger partial charge in [0.2, 0.25) is 0 Å². The molecular weight excluding hydrogens is 595 g/mol. The first-order valence-corrected chi connectivity index (χ1v) is 17.2. The number of anilines is 1. The van der Waals surface area contributed by atoms with Crippen molar-refractivity contribution in [3.05, 3.63) is 187 Å². The topological polar surface area (TPSA) is 21.9 Å². The maximum Gasteiger partial charge on any atom is 0.124 e. The summed E-state index contributed by atoms with van der Waals surface area (Å²) in [6, 6.07) is 50.7. The number of hydrogen-bond donors (Lipinski definition) is 1. The summed E-state index contributed by atoms with van der Waals surface area (Å²) in [5.41, 5.74) is 12.1. The lowest BCUT2D eigenvalue weighted by Crippen LogP contribution is -2.20. The number of nitrogens with one attached hydrogen (secondary N) is 1. The van der Waals surface area contributed by atoms with Crippen LogP contribution in [0, 0.1) is 0 Å². The fourth-order valence-corrected chi connectivity index (χ4v) is 7.45. The second-order valence-corrected chi connectivity index (χ2v) is 12.2. The normalized spacial score (nSPS) is 14.1. The zero-order valence-electron chi connectivity index (χ0n) is 28.0. The van der Waals surface area contributed by atoms with E-state index in [-0.39, 0.29) is 6.17 Å². The van der Waals surface area contributed by atoms with Gasteiger partial charge in [0.25, 0.3) is 0 Å². The minimum Gasteiger partial charge on any atom is -0.361 e. The Hall–Kier alpha value is -6.06. The van der Waals surface area contributed by atoms with Crippen LogP contribution in [0.25, 0.3) is 54.9 Å². The van der Waals surface area contributed by atoms with Crippen LogP contribution in [-0.2, 0) is 6.42 Å². The van der Waals surface area contributed by atoms with Crippen molar-refractivity contribution in [3.63, 3.8) is 0 Å². The Morgan fingerprint density at radius 2 is 1.29 bits per heavy atom. The van der Waals surface area contributed by atoms with Gasteiger partial charge in [-0.15, -0.1) is 0 Å². The van der Waals surface area contributed by atoms with Crippen molar-refractivity contribution in [2.75, 3.05) is 5.32 Å². The van der Waals surface area contributed by atoms with Gasteiger partial charge in [0.1, 0.15) is 6.17 Å². The van der Waals surface area contributed by atoms with Crippen LogP contribution in [0.3, 0.4) is 0 Å². The smallest absolute Gasteiger partial charge is 0.124 e. The number of aromatic nitrogens is 2. The number of nitrogens with zero attached hydrogens (tertiary/aromatic N) is 2. The summed E-state index contributed by atoms with van der Waals surface area (Å²) in [6.07, 6.45) is 9.21. The van der Waals surface area contributed by atoms with Crippen molar-refractivity contribution in [3.8, 4) is 5.69 Å². The molecule has 9 rings (SSSR count). The van der Waals surface area contributed by atoms with Gasteiger partial charge in [0, 0.05) is 38.5 Å². The third kappa shape index (κ3) is 5.15. The minimum absolute atomic E-state index is 0.0862. The summed E-state index contributed by atoms with van der Waals surface area (Å²) in [5, 5.41) is 8.96. The Kier molecular flexibility index (Phi) is 7.95. The van der Waals surface area contributed by atoms with Crippen molar-refractivity contribution in [2.45, 2.75) is 26.4 Å². The Morgan fingerprint density at radius 3 is 2.10 bits per heavy atom. The highest BCUT2D eigenvalue weighted by Crippen LogP contribution is 2.42. The molecule has 6 aromatic carbocycles. The van der Waals surface area contributed by atoms with Crippen LogP contribution in [0.5, 0.6) is 0 Å². The van der Waals surface area contributed by atoms with Crippen LogP contribution >= 0.6 is 0 Å². The molecular formula is C46H39N3. The molecule has 0 saturated carbocycles. The molecule has 0 amide bonds. The highest BCUT2D eigenvalue weighted by molar-refractivity contribution is 6.11. The molecule has 0 radical (unpaired) electrons. The third-order valence-electron chi connectivity index (χ3n) is 9.52.